The number of anilines is 1. The Morgan fingerprint density at radius 1 is 1.29 bits per heavy atom. The number of β-amino-alcohol motifs (C(OH)–C–C–N with tert-alkyl or cyclic N) is 1. The molecule has 0 saturated heterocycles. The van der Waals surface area contributed by atoms with E-state index in [2.05, 4.69) is 57.9 Å². The van der Waals surface area contributed by atoms with Gasteiger partial charge in [0.25, 0.3) is 0 Å². The first-order valence-corrected chi connectivity index (χ1v) is 6.97. The molecule has 1 atom stereocenters. The van der Waals surface area contributed by atoms with Crippen molar-refractivity contribution < 1.29 is 5.11 Å². The van der Waals surface area contributed by atoms with Gasteiger partial charge in [0.2, 0.25) is 0 Å². The molecule has 0 saturated carbocycles. The van der Waals surface area contributed by atoms with Gasteiger partial charge in [0.15, 0.2) is 0 Å². The van der Waals surface area contributed by atoms with Crippen LogP contribution in [0.2, 0.25) is 0 Å². The van der Waals surface area contributed by atoms with Crippen LogP contribution in [0.1, 0.15) is 32.4 Å². The van der Waals surface area contributed by atoms with Crippen LogP contribution in [-0.4, -0.2) is 17.2 Å². The maximum Gasteiger partial charge on any atom is 0.0915 e. The summed E-state index contributed by atoms with van der Waals surface area (Å²) in [5.74, 6) is 0. The number of halogens is 2. The molecule has 3 nitrogen and oxygen atoms in total. The van der Waals surface area contributed by atoms with Gasteiger partial charge in [0, 0.05) is 21.0 Å². The lowest BCUT2D eigenvalue weighted by Gasteiger charge is -2.23. The quantitative estimate of drug-likeness (QED) is 0.721. The van der Waals surface area contributed by atoms with Crippen LogP contribution >= 0.6 is 31.9 Å². The molecule has 5 heteroatoms. The molecule has 1 rings (SSSR count). The minimum Gasteiger partial charge on any atom is -0.397 e. The van der Waals surface area contributed by atoms with E-state index < -0.39 is 6.10 Å². The van der Waals surface area contributed by atoms with Crippen LogP contribution in [0.4, 0.5) is 5.69 Å². The summed E-state index contributed by atoms with van der Waals surface area (Å²) < 4.78 is 1.58. The van der Waals surface area contributed by atoms with Crippen molar-refractivity contribution in [2.75, 3.05) is 12.3 Å². The van der Waals surface area contributed by atoms with E-state index in [1.165, 1.54) is 0 Å². The summed E-state index contributed by atoms with van der Waals surface area (Å²) in [6.07, 6.45) is -0.553. The smallest absolute Gasteiger partial charge is 0.0915 e. The Morgan fingerprint density at radius 2 is 1.76 bits per heavy atom. The standard InChI is InChI=1S/C12H18Br2N2O/c1-12(2,3)16-6-10(17)7-4-8(13)11(15)9(14)5-7/h4-5,10,16-17H,6,15H2,1-3H3/t10-/m1/s1. The highest BCUT2D eigenvalue weighted by Crippen LogP contribution is 2.31. The van der Waals surface area contributed by atoms with Crippen LogP contribution in [-0.2, 0) is 0 Å². The van der Waals surface area contributed by atoms with Crippen molar-refractivity contribution in [2.45, 2.75) is 32.4 Å². The Labute approximate surface area is 119 Å². The predicted molar refractivity (Wildman–Crippen MR) is 79.0 cm³/mol. The molecule has 1 aromatic carbocycles. The largest absolute Gasteiger partial charge is 0.397 e. The van der Waals surface area contributed by atoms with Crippen molar-refractivity contribution in [2.24, 2.45) is 0 Å². The third kappa shape index (κ3) is 4.58. The second-order valence-corrected chi connectivity index (χ2v) is 6.75. The summed E-state index contributed by atoms with van der Waals surface area (Å²) in [7, 11) is 0. The first-order valence-electron chi connectivity index (χ1n) is 5.38. The molecule has 1 aromatic rings. The van der Waals surface area contributed by atoms with Crippen molar-refractivity contribution in [1.29, 1.82) is 0 Å². The Balaban J connectivity index is 2.79. The predicted octanol–water partition coefficient (Wildman–Crippen LogP) is 3.22. The van der Waals surface area contributed by atoms with E-state index >= 15 is 0 Å². The number of nitrogen functional groups attached to an aromatic ring is 1. The zero-order valence-electron chi connectivity index (χ0n) is 10.2. The minimum absolute atomic E-state index is 0.0107. The van der Waals surface area contributed by atoms with Gasteiger partial charge in [-0.2, -0.15) is 0 Å². The Hall–Kier alpha value is -0.100. The van der Waals surface area contributed by atoms with Crippen molar-refractivity contribution in [3.05, 3.63) is 26.6 Å². The zero-order valence-corrected chi connectivity index (χ0v) is 13.4. The van der Waals surface area contributed by atoms with Crippen molar-refractivity contribution >= 4 is 37.5 Å². The maximum absolute atomic E-state index is 10.1. The number of hydrogen-bond donors (Lipinski definition) is 3. The molecule has 0 aliphatic carbocycles. The van der Waals surface area contributed by atoms with Crippen LogP contribution in [0.3, 0.4) is 0 Å². The molecule has 0 aliphatic rings. The van der Waals surface area contributed by atoms with Gasteiger partial charge in [0.05, 0.1) is 11.8 Å². The molecule has 0 heterocycles. The summed E-state index contributed by atoms with van der Waals surface area (Å²) in [5.41, 5.74) is 7.26. The number of benzene rings is 1. The van der Waals surface area contributed by atoms with Gasteiger partial charge in [-0.25, -0.2) is 0 Å². The normalized spacial score (nSPS) is 13.8. The molecule has 4 N–H and O–H groups in total. The van der Waals surface area contributed by atoms with Gasteiger partial charge >= 0.3 is 0 Å². The van der Waals surface area contributed by atoms with E-state index in [1.807, 2.05) is 12.1 Å². The molecule has 0 aliphatic heterocycles. The highest BCUT2D eigenvalue weighted by Gasteiger charge is 2.15. The third-order valence-corrected chi connectivity index (χ3v) is 3.62. The SMILES string of the molecule is CC(C)(C)NC[C@@H](O)c1cc(Br)c(N)c(Br)c1. The number of nitrogens with two attached hydrogens (primary N) is 1. The molecule has 0 spiro atoms. The van der Waals surface area contributed by atoms with Crippen LogP contribution in [0.5, 0.6) is 0 Å². The van der Waals surface area contributed by atoms with Gasteiger partial charge in [-0.15, -0.1) is 0 Å². The third-order valence-electron chi connectivity index (χ3n) is 2.31. The summed E-state index contributed by atoms with van der Waals surface area (Å²) in [6, 6.07) is 3.68. The molecule has 0 aromatic heterocycles. The molecule has 0 bridgehead atoms. The fourth-order valence-electron chi connectivity index (χ4n) is 1.32. The monoisotopic (exact) mass is 364 g/mol. The second-order valence-electron chi connectivity index (χ2n) is 5.04. The minimum atomic E-state index is -0.553. The van der Waals surface area contributed by atoms with Gasteiger partial charge < -0.3 is 16.2 Å². The van der Waals surface area contributed by atoms with Crippen LogP contribution < -0.4 is 11.1 Å². The van der Waals surface area contributed by atoms with E-state index in [0.717, 1.165) is 14.5 Å². The topological polar surface area (TPSA) is 58.3 Å². The Kier molecular flexibility index (Phi) is 5.01. The van der Waals surface area contributed by atoms with Gasteiger partial charge in [0.1, 0.15) is 0 Å². The van der Waals surface area contributed by atoms with E-state index in [9.17, 15) is 5.11 Å². The van der Waals surface area contributed by atoms with Crippen LogP contribution in [0.25, 0.3) is 0 Å². The van der Waals surface area contributed by atoms with Crippen LogP contribution in [0.15, 0.2) is 21.1 Å². The molecule has 0 amide bonds. The molecule has 0 fully saturated rings. The van der Waals surface area contributed by atoms with Gasteiger partial charge in [-0.3, -0.25) is 0 Å². The summed E-state index contributed by atoms with van der Waals surface area (Å²) in [4.78, 5) is 0. The average molecular weight is 366 g/mol. The highest BCUT2D eigenvalue weighted by molar-refractivity contribution is 9.11. The van der Waals surface area contributed by atoms with Crippen molar-refractivity contribution in [3.8, 4) is 0 Å². The van der Waals surface area contributed by atoms with Crippen molar-refractivity contribution in [3.63, 3.8) is 0 Å². The fraction of sp³-hybridized carbons (Fsp3) is 0.500. The average Bonchev–Trinajstić information content (AvgIpc) is 2.20. The van der Waals surface area contributed by atoms with E-state index in [4.69, 9.17) is 5.73 Å². The lowest BCUT2D eigenvalue weighted by Crippen LogP contribution is -2.38. The Bertz CT molecular complexity index is 379. The van der Waals surface area contributed by atoms with E-state index in [0.29, 0.717) is 12.2 Å². The summed E-state index contributed by atoms with van der Waals surface area (Å²) in [5, 5.41) is 13.3. The lowest BCUT2D eigenvalue weighted by molar-refractivity contribution is 0.163. The summed E-state index contributed by atoms with van der Waals surface area (Å²) in [6.45, 7) is 6.70. The molecular formula is C12H18Br2N2O. The zero-order chi connectivity index (χ0) is 13.2. The van der Waals surface area contributed by atoms with Crippen molar-refractivity contribution in [1.82, 2.24) is 5.32 Å². The molecular weight excluding hydrogens is 348 g/mol. The van der Waals surface area contributed by atoms with E-state index in [-0.39, 0.29) is 5.54 Å². The second kappa shape index (κ2) is 5.69. The lowest BCUT2D eigenvalue weighted by atomic mass is 10.1. The number of nitrogens with one attached hydrogen (secondary N) is 1. The number of hydrogen-bond acceptors (Lipinski definition) is 3. The molecule has 0 unspecified atom stereocenters. The van der Waals surface area contributed by atoms with Gasteiger partial charge in [-0.1, -0.05) is 0 Å². The number of rotatable bonds is 3. The fourth-order valence-corrected chi connectivity index (χ4v) is 2.54. The number of aliphatic hydroxyl groups is 1. The number of aliphatic hydroxyl groups excluding tert-OH is 1. The van der Waals surface area contributed by atoms with Gasteiger partial charge in [-0.05, 0) is 70.3 Å². The summed E-state index contributed by atoms with van der Waals surface area (Å²) >= 11 is 6.74. The maximum atomic E-state index is 10.1. The highest BCUT2D eigenvalue weighted by atomic mass is 79.9. The molecule has 96 valence electrons. The molecule has 0 radical (unpaired) electrons. The first kappa shape index (κ1) is 15.0. The van der Waals surface area contributed by atoms with E-state index in [1.54, 1.807) is 0 Å². The molecule has 17 heavy (non-hydrogen) atoms. The Morgan fingerprint density at radius 3 is 2.18 bits per heavy atom. The van der Waals surface area contributed by atoms with Crippen LogP contribution in [0, 0.1) is 0 Å². The first-order chi connectivity index (χ1) is 7.70.